The van der Waals surface area contributed by atoms with Gasteiger partial charge in [0.1, 0.15) is 11.5 Å². The van der Waals surface area contributed by atoms with Gasteiger partial charge in [-0.2, -0.15) is 0 Å². The van der Waals surface area contributed by atoms with Gasteiger partial charge in [0.15, 0.2) is 23.3 Å². The summed E-state index contributed by atoms with van der Waals surface area (Å²) in [6.07, 6.45) is 1.04. The van der Waals surface area contributed by atoms with Crippen LogP contribution in [-0.2, 0) is 6.42 Å². The van der Waals surface area contributed by atoms with Crippen LogP contribution in [0.15, 0.2) is 23.2 Å². The molecule has 0 amide bonds. The van der Waals surface area contributed by atoms with Crippen LogP contribution in [-0.4, -0.2) is 29.4 Å². The number of hydrogen-bond acceptors (Lipinski definition) is 3. The molecule has 0 atom stereocenters. The van der Waals surface area contributed by atoms with Gasteiger partial charge >= 0.3 is 0 Å². The summed E-state index contributed by atoms with van der Waals surface area (Å²) in [5, 5.41) is 0. The number of halogens is 5. The van der Waals surface area contributed by atoms with Crippen LogP contribution in [0.25, 0.3) is 0 Å². The number of benzene rings is 2. The molecule has 0 spiro atoms. The van der Waals surface area contributed by atoms with E-state index in [1.54, 1.807) is 0 Å². The Balaban J connectivity index is 2.20. The number of nitrogens with zero attached hydrogens (tertiary/aromatic N) is 1. The van der Waals surface area contributed by atoms with Crippen LogP contribution < -0.4 is 8.85 Å². The Morgan fingerprint density at radius 2 is 1.23 bits per heavy atom. The maximum Gasteiger partial charge on any atom is 0.242 e. The Bertz CT molecular complexity index is 956. The van der Waals surface area contributed by atoms with Crippen LogP contribution >= 0.6 is 0 Å². The fourth-order valence-electron chi connectivity index (χ4n) is 2.62. The van der Waals surface area contributed by atoms with Gasteiger partial charge in [0.2, 0.25) is 22.5 Å². The predicted molar refractivity (Wildman–Crippen MR) is 117 cm³/mol. The minimum Gasteiger partial charge on any atom is -0.542 e. The van der Waals surface area contributed by atoms with E-state index in [0.29, 0.717) is 24.1 Å². The van der Waals surface area contributed by atoms with Crippen molar-refractivity contribution in [2.24, 2.45) is 4.99 Å². The lowest BCUT2D eigenvalue weighted by Crippen LogP contribution is -2.32. The summed E-state index contributed by atoms with van der Waals surface area (Å²) in [6, 6.07) is 5.49. The smallest absolute Gasteiger partial charge is 0.242 e. The van der Waals surface area contributed by atoms with E-state index < -0.39 is 51.3 Å². The Morgan fingerprint density at radius 3 is 1.74 bits per heavy atom. The largest absolute Gasteiger partial charge is 0.542 e. The van der Waals surface area contributed by atoms with E-state index in [-0.39, 0.29) is 6.54 Å². The molecule has 2 rings (SSSR count). The molecule has 0 aliphatic heterocycles. The molecule has 0 aliphatic carbocycles. The molecular weight excluding hydrogens is 449 g/mol. The zero-order chi connectivity index (χ0) is 23.6. The van der Waals surface area contributed by atoms with Gasteiger partial charge in [-0.3, -0.25) is 4.99 Å². The molecule has 0 saturated heterocycles. The molecule has 0 fully saturated rings. The molecule has 0 heterocycles. The lowest BCUT2D eigenvalue weighted by atomic mass is 10.1. The molecule has 0 bridgehead atoms. The summed E-state index contributed by atoms with van der Waals surface area (Å²) in [5.74, 6) is -8.70. The van der Waals surface area contributed by atoms with Crippen LogP contribution in [0.5, 0.6) is 11.5 Å². The Hall–Kier alpha value is -2.21. The summed E-state index contributed by atoms with van der Waals surface area (Å²) < 4.78 is 79.3. The number of hydrogen-bond donors (Lipinski definition) is 0. The van der Waals surface area contributed by atoms with Gasteiger partial charge in [0.05, 0.1) is 5.56 Å². The van der Waals surface area contributed by atoms with Crippen molar-refractivity contribution < 1.29 is 30.8 Å². The number of rotatable bonds is 8. The van der Waals surface area contributed by atoms with E-state index in [2.05, 4.69) is 24.6 Å². The van der Waals surface area contributed by atoms with Gasteiger partial charge in [-0.15, -0.1) is 0 Å². The van der Waals surface area contributed by atoms with Gasteiger partial charge in [-0.1, -0.05) is 6.07 Å². The first kappa shape index (κ1) is 25.1. The predicted octanol–water partition coefficient (Wildman–Crippen LogP) is 6.47. The Morgan fingerprint density at radius 1 is 0.742 bits per heavy atom. The molecular formula is C21H26F5NO2Si2. The van der Waals surface area contributed by atoms with Gasteiger partial charge in [0.25, 0.3) is 0 Å². The Labute approximate surface area is 181 Å². The highest BCUT2D eigenvalue weighted by atomic mass is 28.4. The average Bonchev–Trinajstić information content (AvgIpc) is 2.64. The lowest BCUT2D eigenvalue weighted by Gasteiger charge is -2.26. The first-order valence-corrected chi connectivity index (χ1v) is 16.5. The van der Waals surface area contributed by atoms with Gasteiger partial charge in [-0.05, 0) is 63.4 Å². The van der Waals surface area contributed by atoms with E-state index in [1.807, 2.05) is 37.8 Å². The van der Waals surface area contributed by atoms with Crippen molar-refractivity contribution in [1.82, 2.24) is 0 Å². The second kappa shape index (κ2) is 9.51. The standard InChI is InChI=1S/C21H26F5NO2Si2/c1-30(2,3)28-15-8-7-13(11-16(15)29-31(4,5)6)9-10-27-12-14-17(22)19(24)21(26)20(25)18(14)23/h7-8,11-12H,9-10H2,1-6H3. The second-order valence-corrected chi connectivity index (χ2v) is 17.8. The second-order valence-electron chi connectivity index (χ2n) is 8.98. The zero-order valence-electron chi connectivity index (χ0n) is 18.4. The molecule has 3 nitrogen and oxygen atoms in total. The fourth-order valence-corrected chi connectivity index (χ4v) is 4.26. The maximum absolute atomic E-state index is 13.7. The molecule has 170 valence electrons. The van der Waals surface area contributed by atoms with Gasteiger partial charge < -0.3 is 8.85 Å². The van der Waals surface area contributed by atoms with Crippen LogP contribution in [0.1, 0.15) is 11.1 Å². The summed E-state index contributed by atoms with van der Waals surface area (Å²) in [5.41, 5.74) is -0.219. The van der Waals surface area contributed by atoms with Crippen molar-refractivity contribution in [3.63, 3.8) is 0 Å². The van der Waals surface area contributed by atoms with Crippen LogP contribution in [0.2, 0.25) is 39.3 Å². The fraction of sp³-hybridized carbons (Fsp3) is 0.381. The summed E-state index contributed by atoms with van der Waals surface area (Å²) in [6.45, 7) is 12.4. The summed E-state index contributed by atoms with van der Waals surface area (Å²) in [7, 11) is -3.78. The van der Waals surface area contributed by atoms with E-state index in [0.717, 1.165) is 5.56 Å². The van der Waals surface area contributed by atoms with E-state index in [1.165, 1.54) is 0 Å². The highest BCUT2D eigenvalue weighted by Crippen LogP contribution is 2.33. The zero-order valence-corrected chi connectivity index (χ0v) is 20.4. The minimum absolute atomic E-state index is 0.0834. The quantitative estimate of drug-likeness (QED) is 0.144. The molecule has 0 aromatic heterocycles. The third-order valence-electron chi connectivity index (χ3n) is 3.83. The van der Waals surface area contributed by atoms with Crippen molar-refractivity contribution >= 4 is 22.8 Å². The molecule has 0 saturated carbocycles. The van der Waals surface area contributed by atoms with Crippen LogP contribution in [0, 0.1) is 29.1 Å². The highest BCUT2D eigenvalue weighted by molar-refractivity contribution is 6.71. The molecule has 0 radical (unpaired) electrons. The number of aliphatic imine (C=N–C) groups is 1. The summed E-state index contributed by atoms with van der Waals surface area (Å²) in [4.78, 5) is 3.84. The highest BCUT2D eigenvalue weighted by Gasteiger charge is 2.25. The van der Waals surface area contributed by atoms with Crippen molar-refractivity contribution in [1.29, 1.82) is 0 Å². The Kier molecular flexibility index (Phi) is 7.69. The lowest BCUT2D eigenvalue weighted by molar-refractivity contribution is 0.377. The van der Waals surface area contributed by atoms with E-state index >= 15 is 0 Å². The topological polar surface area (TPSA) is 30.8 Å². The molecule has 0 N–H and O–H groups in total. The van der Waals surface area contributed by atoms with Gasteiger partial charge in [0, 0.05) is 12.8 Å². The van der Waals surface area contributed by atoms with Crippen molar-refractivity contribution in [2.45, 2.75) is 45.7 Å². The average molecular weight is 476 g/mol. The molecule has 10 heteroatoms. The van der Waals surface area contributed by atoms with E-state index in [4.69, 9.17) is 8.85 Å². The minimum atomic E-state index is -2.19. The van der Waals surface area contributed by atoms with E-state index in [9.17, 15) is 22.0 Å². The normalized spacial score (nSPS) is 12.5. The molecule has 2 aromatic rings. The molecule has 0 unspecified atom stereocenters. The van der Waals surface area contributed by atoms with Crippen molar-refractivity contribution in [3.8, 4) is 11.5 Å². The third-order valence-corrected chi connectivity index (χ3v) is 5.50. The van der Waals surface area contributed by atoms with Crippen LogP contribution in [0.3, 0.4) is 0 Å². The monoisotopic (exact) mass is 475 g/mol. The van der Waals surface area contributed by atoms with Crippen LogP contribution in [0.4, 0.5) is 22.0 Å². The third kappa shape index (κ3) is 6.89. The van der Waals surface area contributed by atoms with Crippen molar-refractivity contribution in [2.75, 3.05) is 6.54 Å². The molecule has 0 aliphatic rings. The first-order chi connectivity index (χ1) is 14.2. The van der Waals surface area contributed by atoms with Gasteiger partial charge in [-0.25, -0.2) is 22.0 Å². The molecule has 31 heavy (non-hydrogen) atoms. The SMILES string of the molecule is C[Si](C)(C)Oc1ccc(CCN=Cc2c(F)c(F)c(F)c(F)c2F)cc1O[Si](C)(C)C. The summed E-state index contributed by atoms with van der Waals surface area (Å²) >= 11 is 0. The first-order valence-electron chi connectivity index (χ1n) is 9.72. The van der Waals surface area contributed by atoms with Crippen molar-refractivity contribution in [3.05, 3.63) is 58.4 Å². The molecule has 2 aromatic carbocycles. The maximum atomic E-state index is 13.7.